The molecule has 1 aliphatic carbocycles. The highest BCUT2D eigenvalue weighted by Gasteiger charge is 2.21. The van der Waals surface area contributed by atoms with Gasteiger partial charge in [0, 0.05) is 34.5 Å². The van der Waals surface area contributed by atoms with Crippen molar-refractivity contribution in [2.45, 2.75) is 74.1 Å². The molecule has 37 heavy (non-hydrogen) atoms. The molecule has 0 aliphatic heterocycles. The second kappa shape index (κ2) is 13.9. The van der Waals surface area contributed by atoms with Gasteiger partial charge in [-0.3, -0.25) is 9.69 Å². The maximum Gasteiger partial charge on any atom is 0.322 e. The largest absolute Gasteiger partial charge is 0.427 e. The van der Waals surface area contributed by atoms with Gasteiger partial charge in [-0.15, -0.1) is 0 Å². The third-order valence-electron chi connectivity index (χ3n) is 6.52. The molecule has 2 amide bonds. The molecule has 0 bridgehead atoms. The number of anilines is 1. The number of amides is 2. The fourth-order valence-corrected chi connectivity index (χ4v) is 5.42. The molecule has 0 saturated heterocycles. The molecule has 0 atom stereocenters. The number of hydrogen-bond donors (Lipinski definition) is 1. The number of rotatable bonds is 10. The summed E-state index contributed by atoms with van der Waals surface area (Å²) < 4.78 is 5.36. The Morgan fingerprint density at radius 1 is 0.919 bits per heavy atom. The van der Waals surface area contributed by atoms with Gasteiger partial charge in [0.15, 0.2) is 0 Å². The molecular weight excluding hydrogens is 480 g/mol. The van der Waals surface area contributed by atoms with E-state index >= 15 is 0 Å². The summed E-state index contributed by atoms with van der Waals surface area (Å²) in [5, 5.41) is 3.29. The van der Waals surface area contributed by atoms with Crippen LogP contribution in [0.25, 0.3) is 0 Å². The third-order valence-corrected chi connectivity index (χ3v) is 7.52. The van der Waals surface area contributed by atoms with Crippen molar-refractivity contribution in [3.05, 3.63) is 84.4 Å². The lowest BCUT2D eigenvalue weighted by atomic mass is 9.96. The highest BCUT2D eigenvalue weighted by molar-refractivity contribution is 7.99. The first kappa shape index (κ1) is 26.8. The van der Waals surface area contributed by atoms with Crippen molar-refractivity contribution >= 4 is 29.4 Å². The molecule has 3 aromatic rings. The van der Waals surface area contributed by atoms with E-state index in [2.05, 4.69) is 29.6 Å². The number of carbonyl (C=O) groups excluding carboxylic acids is 2. The van der Waals surface area contributed by atoms with Crippen LogP contribution in [0.5, 0.6) is 5.75 Å². The maximum atomic E-state index is 13.4. The Morgan fingerprint density at radius 3 is 2.41 bits per heavy atom. The van der Waals surface area contributed by atoms with Crippen molar-refractivity contribution in [3.63, 3.8) is 0 Å². The van der Waals surface area contributed by atoms with Crippen LogP contribution in [-0.4, -0.2) is 24.6 Å². The molecule has 6 heteroatoms. The highest BCUT2D eigenvalue weighted by atomic mass is 32.2. The summed E-state index contributed by atoms with van der Waals surface area (Å²) in [6, 6.07) is 26.2. The van der Waals surface area contributed by atoms with E-state index in [1.54, 1.807) is 11.8 Å². The first-order valence-electron chi connectivity index (χ1n) is 13.3. The van der Waals surface area contributed by atoms with Gasteiger partial charge >= 0.3 is 12.0 Å². The van der Waals surface area contributed by atoms with Crippen LogP contribution in [-0.2, 0) is 11.2 Å². The van der Waals surface area contributed by atoms with Crippen LogP contribution in [0.15, 0.2) is 88.7 Å². The molecule has 0 aromatic heterocycles. The average molecular weight is 517 g/mol. The Kier molecular flexibility index (Phi) is 10.1. The van der Waals surface area contributed by atoms with Gasteiger partial charge in [-0.05, 0) is 73.7 Å². The lowest BCUT2D eigenvalue weighted by Crippen LogP contribution is -2.46. The summed E-state index contributed by atoms with van der Waals surface area (Å²) in [7, 11) is 0. The molecule has 0 radical (unpaired) electrons. The fourth-order valence-electron chi connectivity index (χ4n) is 4.55. The van der Waals surface area contributed by atoms with Crippen LogP contribution in [0.3, 0.4) is 0 Å². The van der Waals surface area contributed by atoms with E-state index in [1.165, 1.54) is 24.8 Å². The van der Waals surface area contributed by atoms with Crippen LogP contribution < -0.4 is 15.0 Å². The number of ether oxygens (including phenoxy) is 1. The Bertz CT molecular complexity index is 1140. The monoisotopic (exact) mass is 516 g/mol. The molecular formula is C31H36N2O3S. The van der Waals surface area contributed by atoms with Crippen molar-refractivity contribution in [1.29, 1.82) is 0 Å². The Labute approximate surface area is 224 Å². The smallest absolute Gasteiger partial charge is 0.322 e. The number of nitrogens with zero attached hydrogens (tertiary/aromatic N) is 1. The molecule has 194 valence electrons. The number of carbonyl (C=O) groups is 2. The van der Waals surface area contributed by atoms with E-state index in [1.807, 2.05) is 66.4 Å². The lowest BCUT2D eigenvalue weighted by molar-refractivity contribution is -0.134. The zero-order valence-corrected chi connectivity index (χ0v) is 22.3. The Hall–Kier alpha value is -3.25. The van der Waals surface area contributed by atoms with Gasteiger partial charge in [0.1, 0.15) is 5.75 Å². The summed E-state index contributed by atoms with van der Waals surface area (Å²) in [6.45, 7) is 2.56. The molecule has 1 N–H and O–H groups in total. The number of hydrogen-bond acceptors (Lipinski definition) is 4. The van der Waals surface area contributed by atoms with Gasteiger partial charge in [0.25, 0.3) is 0 Å². The molecule has 0 heterocycles. The molecule has 4 rings (SSSR count). The van der Waals surface area contributed by atoms with Gasteiger partial charge < -0.3 is 10.1 Å². The molecule has 1 aliphatic rings. The zero-order chi connectivity index (χ0) is 25.9. The first-order chi connectivity index (χ1) is 18.1. The van der Waals surface area contributed by atoms with Gasteiger partial charge in [-0.1, -0.05) is 74.3 Å². The van der Waals surface area contributed by atoms with Crippen LogP contribution >= 0.6 is 11.8 Å². The van der Waals surface area contributed by atoms with Crippen LogP contribution in [0.1, 0.15) is 57.4 Å². The number of esters is 1. The second-order valence-corrected chi connectivity index (χ2v) is 10.6. The van der Waals surface area contributed by atoms with Crippen molar-refractivity contribution in [1.82, 2.24) is 5.32 Å². The summed E-state index contributed by atoms with van der Waals surface area (Å²) in [6.07, 6.45) is 7.69. The SMILES string of the molecule is CCCC(=O)Oc1ccc(Sc2cccc(N(CCc3ccccc3)C(=O)NC3CCCCC3)c2)cc1. The van der Waals surface area contributed by atoms with Crippen LogP contribution in [0.2, 0.25) is 0 Å². The molecule has 1 saturated carbocycles. The van der Waals surface area contributed by atoms with Gasteiger partial charge in [0.2, 0.25) is 0 Å². The maximum absolute atomic E-state index is 13.4. The minimum absolute atomic E-state index is 0.0248. The van der Waals surface area contributed by atoms with E-state index in [0.29, 0.717) is 18.7 Å². The van der Waals surface area contributed by atoms with Crippen molar-refractivity contribution in [3.8, 4) is 5.75 Å². The fraction of sp³-hybridized carbons (Fsp3) is 0.355. The quantitative estimate of drug-likeness (QED) is 0.222. The second-order valence-electron chi connectivity index (χ2n) is 9.47. The van der Waals surface area contributed by atoms with Gasteiger partial charge in [-0.2, -0.15) is 0 Å². The minimum Gasteiger partial charge on any atom is -0.427 e. The average Bonchev–Trinajstić information content (AvgIpc) is 2.91. The predicted octanol–water partition coefficient (Wildman–Crippen LogP) is 7.63. The molecule has 5 nitrogen and oxygen atoms in total. The van der Waals surface area contributed by atoms with Crippen LogP contribution in [0.4, 0.5) is 10.5 Å². The van der Waals surface area contributed by atoms with E-state index in [0.717, 1.165) is 41.2 Å². The summed E-state index contributed by atoms with van der Waals surface area (Å²) in [5.41, 5.74) is 2.10. The Balaban J connectivity index is 1.46. The van der Waals surface area contributed by atoms with Crippen LogP contribution in [0, 0.1) is 0 Å². The Morgan fingerprint density at radius 2 is 1.68 bits per heavy atom. The standard InChI is InChI=1S/C31H36N2O3S/c1-2-10-30(34)36-27-17-19-28(20-18-27)37-29-16-9-15-26(23-29)33(22-21-24-11-5-3-6-12-24)31(35)32-25-13-7-4-8-14-25/h3,5-6,9,11-12,15-20,23,25H,2,4,7-8,10,13-14,21-22H2,1H3,(H,32,35). The highest BCUT2D eigenvalue weighted by Crippen LogP contribution is 2.32. The third kappa shape index (κ3) is 8.39. The van der Waals surface area contributed by atoms with E-state index < -0.39 is 0 Å². The predicted molar refractivity (Wildman–Crippen MR) is 150 cm³/mol. The van der Waals surface area contributed by atoms with Crippen molar-refractivity contribution in [2.24, 2.45) is 0 Å². The zero-order valence-electron chi connectivity index (χ0n) is 21.5. The van der Waals surface area contributed by atoms with E-state index in [4.69, 9.17) is 4.74 Å². The number of nitrogens with one attached hydrogen (secondary N) is 1. The van der Waals surface area contributed by atoms with Crippen molar-refractivity contribution < 1.29 is 14.3 Å². The molecule has 0 spiro atoms. The lowest BCUT2D eigenvalue weighted by Gasteiger charge is -2.29. The van der Waals surface area contributed by atoms with E-state index in [-0.39, 0.29) is 18.0 Å². The number of urea groups is 1. The first-order valence-corrected chi connectivity index (χ1v) is 14.1. The van der Waals surface area contributed by atoms with Gasteiger partial charge in [-0.25, -0.2) is 4.79 Å². The summed E-state index contributed by atoms with van der Waals surface area (Å²) in [5.74, 6) is 0.348. The normalized spacial score (nSPS) is 13.6. The van der Waals surface area contributed by atoms with E-state index in [9.17, 15) is 9.59 Å². The molecule has 1 fully saturated rings. The topological polar surface area (TPSA) is 58.6 Å². The molecule has 0 unspecified atom stereocenters. The minimum atomic E-state index is -0.210. The number of benzene rings is 3. The summed E-state index contributed by atoms with van der Waals surface area (Å²) >= 11 is 1.62. The summed E-state index contributed by atoms with van der Waals surface area (Å²) in [4.78, 5) is 29.1. The molecule has 3 aromatic carbocycles. The van der Waals surface area contributed by atoms with Gasteiger partial charge in [0.05, 0.1) is 0 Å². The van der Waals surface area contributed by atoms with Crippen molar-refractivity contribution in [2.75, 3.05) is 11.4 Å².